The molecule has 0 aliphatic heterocycles. The lowest BCUT2D eigenvalue weighted by molar-refractivity contribution is -0.123. The third-order valence-electron chi connectivity index (χ3n) is 2.41. The Balaban J connectivity index is 2.35. The predicted molar refractivity (Wildman–Crippen MR) is 62.7 cm³/mol. The summed E-state index contributed by atoms with van der Waals surface area (Å²) in [4.78, 5) is 11.5. The van der Waals surface area contributed by atoms with Crippen LogP contribution in [0.2, 0.25) is 0 Å². The van der Waals surface area contributed by atoms with E-state index in [0.717, 1.165) is 5.56 Å². The maximum atomic E-state index is 12.6. The predicted octanol–water partition coefficient (Wildman–Crippen LogP) is 0.806. The average Bonchev–Trinajstić information content (AvgIpc) is 2.35. The second-order valence-electron chi connectivity index (χ2n) is 3.70. The molecule has 0 fully saturated rings. The summed E-state index contributed by atoms with van der Waals surface area (Å²) in [5.74, 6) is -0.422. The number of carbonyl (C=O) groups excluding carboxylic acids is 1. The van der Waals surface area contributed by atoms with Crippen molar-refractivity contribution in [2.75, 3.05) is 13.7 Å². The van der Waals surface area contributed by atoms with Crippen LogP contribution in [0.15, 0.2) is 24.3 Å². The molecule has 1 atom stereocenters. The fourth-order valence-corrected chi connectivity index (χ4v) is 1.34. The summed E-state index contributed by atoms with van der Waals surface area (Å²) in [6.07, 6.45) is -0.0306. The minimum atomic E-state index is -0.289. The number of hydrogen-bond donors (Lipinski definition) is 2. The number of nitrogens with one attached hydrogen (secondary N) is 1. The van der Waals surface area contributed by atoms with Crippen molar-refractivity contribution in [2.45, 2.75) is 19.1 Å². The minimum absolute atomic E-state index is 0.133. The molecule has 0 radical (unpaired) electrons. The van der Waals surface area contributed by atoms with E-state index in [0.29, 0.717) is 13.1 Å². The maximum absolute atomic E-state index is 12.6. The monoisotopic (exact) mass is 240 g/mol. The van der Waals surface area contributed by atoms with E-state index in [2.05, 4.69) is 5.32 Å². The number of hydrogen-bond acceptors (Lipinski definition) is 3. The SMILES string of the molecule is COC(CN)CC(=O)NCc1ccc(F)cc1. The highest BCUT2D eigenvalue weighted by molar-refractivity contribution is 5.76. The molecule has 0 aliphatic rings. The Kier molecular flexibility index (Phi) is 5.59. The van der Waals surface area contributed by atoms with Crippen LogP contribution >= 0.6 is 0 Å². The molecule has 5 heteroatoms. The topological polar surface area (TPSA) is 64.3 Å². The number of methoxy groups -OCH3 is 1. The highest BCUT2D eigenvalue weighted by Crippen LogP contribution is 2.02. The van der Waals surface area contributed by atoms with Crippen molar-refractivity contribution in [3.63, 3.8) is 0 Å². The van der Waals surface area contributed by atoms with Gasteiger partial charge < -0.3 is 15.8 Å². The van der Waals surface area contributed by atoms with Crippen LogP contribution in [0.25, 0.3) is 0 Å². The van der Waals surface area contributed by atoms with E-state index < -0.39 is 0 Å². The zero-order chi connectivity index (χ0) is 12.7. The van der Waals surface area contributed by atoms with Gasteiger partial charge in [-0.1, -0.05) is 12.1 Å². The lowest BCUT2D eigenvalue weighted by atomic mass is 10.2. The summed E-state index contributed by atoms with van der Waals surface area (Å²) in [6, 6.07) is 5.98. The number of benzene rings is 1. The third-order valence-corrected chi connectivity index (χ3v) is 2.41. The first-order valence-electron chi connectivity index (χ1n) is 5.39. The van der Waals surface area contributed by atoms with Crippen molar-refractivity contribution in [3.8, 4) is 0 Å². The molecule has 0 heterocycles. The molecule has 1 unspecified atom stereocenters. The van der Waals surface area contributed by atoms with Crippen LogP contribution in [-0.2, 0) is 16.1 Å². The van der Waals surface area contributed by atoms with Gasteiger partial charge in [-0.2, -0.15) is 0 Å². The Bertz CT molecular complexity index is 350. The van der Waals surface area contributed by atoms with Gasteiger partial charge in [0.05, 0.1) is 12.5 Å². The van der Waals surface area contributed by atoms with E-state index in [-0.39, 0.29) is 24.2 Å². The van der Waals surface area contributed by atoms with Gasteiger partial charge in [0.15, 0.2) is 0 Å². The standard InChI is InChI=1S/C12H17FN2O2/c1-17-11(7-14)6-12(16)15-8-9-2-4-10(13)5-3-9/h2-5,11H,6-8,14H2,1H3,(H,15,16). The number of halogens is 1. The summed E-state index contributed by atoms with van der Waals surface area (Å²) >= 11 is 0. The van der Waals surface area contributed by atoms with Crippen molar-refractivity contribution < 1.29 is 13.9 Å². The minimum Gasteiger partial charge on any atom is -0.380 e. The molecule has 1 aromatic rings. The second kappa shape index (κ2) is 6.98. The average molecular weight is 240 g/mol. The Labute approximate surface area is 100.0 Å². The molecule has 94 valence electrons. The lowest BCUT2D eigenvalue weighted by Gasteiger charge is -2.12. The van der Waals surface area contributed by atoms with Gasteiger partial charge in [0, 0.05) is 20.2 Å². The van der Waals surface area contributed by atoms with Crippen LogP contribution in [0.4, 0.5) is 4.39 Å². The van der Waals surface area contributed by atoms with Gasteiger partial charge >= 0.3 is 0 Å². The summed E-state index contributed by atoms with van der Waals surface area (Å²) in [6.45, 7) is 0.681. The fraction of sp³-hybridized carbons (Fsp3) is 0.417. The zero-order valence-electron chi connectivity index (χ0n) is 9.78. The molecule has 1 rings (SSSR count). The van der Waals surface area contributed by atoms with Gasteiger partial charge in [0.2, 0.25) is 5.91 Å². The van der Waals surface area contributed by atoms with Crippen molar-refractivity contribution in [2.24, 2.45) is 5.73 Å². The van der Waals surface area contributed by atoms with Gasteiger partial charge in [-0.05, 0) is 17.7 Å². The van der Waals surface area contributed by atoms with Gasteiger partial charge in [-0.25, -0.2) is 4.39 Å². The number of ether oxygens (including phenoxy) is 1. The van der Waals surface area contributed by atoms with Crippen molar-refractivity contribution in [3.05, 3.63) is 35.6 Å². The lowest BCUT2D eigenvalue weighted by Crippen LogP contribution is -2.31. The molecular weight excluding hydrogens is 223 g/mol. The molecule has 0 bridgehead atoms. The van der Waals surface area contributed by atoms with Crippen LogP contribution in [-0.4, -0.2) is 25.7 Å². The maximum Gasteiger partial charge on any atom is 0.222 e. The summed E-state index contributed by atoms with van der Waals surface area (Å²) in [5.41, 5.74) is 6.26. The van der Waals surface area contributed by atoms with Crippen LogP contribution in [0.3, 0.4) is 0 Å². The number of carbonyl (C=O) groups is 1. The largest absolute Gasteiger partial charge is 0.380 e. The molecule has 0 spiro atoms. The number of amides is 1. The summed E-state index contributed by atoms with van der Waals surface area (Å²) in [7, 11) is 1.52. The van der Waals surface area contributed by atoms with E-state index in [9.17, 15) is 9.18 Å². The Hall–Kier alpha value is -1.46. The molecule has 17 heavy (non-hydrogen) atoms. The molecule has 4 nitrogen and oxygen atoms in total. The van der Waals surface area contributed by atoms with E-state index >= 15 is 0 Å². The van der Waals surface area contributed by atoms with E-state index in [1.54, 1.807) is 12.1 Å². The van der Waals surface area contributed by atoms with Gasteiger partial charge in [0.25, 0.3) is 0 Å². The third kappa shape index (κ3) is 4.93. The number of rotatable bonds is 6. The first-order chi connectivity index (χ1) is 8.15. The molecule has 0 saturated carbocycles. The molecule has 0 aromatic heterocycles. The van der Waals surface area contributed by atoms with E-state index in [1.165, 1.54) is 19.2 Å². The number of nitrogens with two attached hydrogens (primary N) is 1. The van der Waals surface area contributed by atoms with Crippen LogP contribution in [0.1, 0.15) is 12.0 Å². The molecule has 3 N–H and O–H groups in total. The van der Waals surface area contributed by atoms with E-state index in [4.69, 9.17) is 10.5 Å². The van der Waals surface area contributed by atoms with Gasteiger partial charge in [0.1, 0.15) is 5.82 Å². The summed E-state index contributed by atoms with van der Waals surface area (Å²) < 4.78 is 17.6. The Morgan fingerprint density at radius 2 is 2.12 bits per heavy atom. The van der Waals surface area contributed by atoms with Gasteiger partial charge in [-0.15, -0.1) is 0 Å². The van der Waals surface area contributed by atoms with Crippen molar-refractivity contribution in [1.82, 2.24) is 5.32 Å². The Morgan fingerprint density at radius 1 is 1.47 bits per heavy atom. The van der Waals surface area contributed by atoms with Crippen LogP contribution in [0, 0.1) is 5.82 Å². The quantitative estimate of drug-likeness (QED) is 0.773. The Morgan fingerprint density at radius 3 is 2.65 bits per heavy atom. The first kappa shape index (κ1) is 13.6. The van der Waals surface area contributed by atoms with Gasteiger partial charge in [-0.3, -0.25) is 4.79 Å². The molecule has 0 aliphatic carbocycles. The smallest absolute Gasteiger partial charge is 0.222 e. The fourth-order valence-electron chi connectivity index (χ4n) is 1.34. The molecule has 0 saturated heterocycles. The van der Waals surface area contributed by atoms with E-state index in [1.807, 2.05) is 0 Å². The highest BCUT2D eigenvalue weighted by Gasteiger charge is 2.10. The highest BCUT2D eigenvalue weighted by atomic mass is 19.1. The first-order valence-corrected chi connectivity index (χ1v) is 5.39. The summed E-state index contributed by atoms with van der Waals surface area (Å²) in [5, 5.41) is 2.72. The normalized spacial score (nSPS) is 12.2. The molecular formula is C12H17FN2O2. The second-order valence-corrected chi connectivity index (χ2v) is 3.70. The van der Waals surface area contributed by atoms with Crippen molar-refractivity contribution in [1.29, 1.82) is 0 Å². The van der Waals surface area contributed by atoms with Crippen LogP contribution in [0.5, 0.6) is 0 Å². The molecule has 1 aromatic carbocycles. The van der Waals surface area contributed by atoms with Crippen LogP contribution < -0.4 is 11.1 Å². The van der Waals surface area contributed by atoms with Crippen molar-refractivity contribution >= 4 is 5.91 Å². The molecule has 1 amide bonds. The zero-order valence-corrected chi connectivity index (χ0v) is 9.78.